The first-order chi connectivity index (χ1) is 16.4. The third-order valence-electron chi connectivity index (χ3n) is 6.13. The van der Waals surface area contributed by atoms with E-state index in [1.54, 1.807) is 19.5 Å². The molecule has 1 aromatic heterocycles. The lowest BCUT2D eigenvalue weighted by atomic mass is 10.0. The number of carboxylic acids is 1. The zero-order chi connectivity index (χ0) is 24.1. The van der Waals surface area contributed by atoms with E-state index >= 15 is 0 Å². The van der Waals surface area contributed by atoms with Gasteiger partial charge in [0.25, 0.3) is 0 Å². The van der Waals surface area contributed by atoms with Gasteiger partial charge in [-0.2, -0.15) is 0 Å². The number of aliphatic carboxylic acids is 1. The number of carboxylic acid groups (broad SMARTS) is 1. The van der Waals surface area contributed by atoms with Gasteiger partial charge in [0.05, 0.1) is 31.3 Å². The molecule has 0 unspecified atom stereocenters. The second kappa shape index (κ2) is 10.5. The van der Waals surface area contributed by atoms with Crippen LogP contribution in [0.5, 0.6) is 11.5 Å². The van der Waals surface area contributed by atoms with Crippen molar-refractivity contribution in [3.63, 3.8) is 0 Å². The number of nitrogens with two attached hydrogens (primary N) is 1. The summed E-state index contributed by atoms with van der Waals surface area (Å²) < 4.78 is 11.7. The van der Waals surface area contributed by atoms with Crippen molar-refractivity contribution in [1.29, 1.82) is 0 Å². The molecule has 4 rings (SSSR count). The van der Waals surface area contributed by atoms with E-state index in [1.165, 1.54) is 12.8 Å². The van der Waals surface area contributed by atoms with Crippen LogP contribution in [-0.2, 0) is 11.2 Å². The van der Waals surface area contributed by atoms with Gasteiger partial charge in [-0.25, -0.2) is 4.98 Å². The monoisotopic (exact) mass is 462 g/mol. The van der Waals surface area contributed by atoms with Gasteiger partial charge in [-0.3, -0.25) is 9.78 Å². The molecule has 3 N–H and O–H groups in total. The Hall–Kier alpha value is -3.65. The quantitative estimate of drug-likeness (QED) is 0.487. The topological polar surface area (TPSA) is 111 Å². The fourth-order valence-electron chi connectivity index (χ4n) is 4.08. The van der Waals surface area contributed by atoms with Gasteiger partial charge >= 0.3 is 5.97 Å². The second-order valence-electron chi connectivity index (χ2n) is 8.52. The van der Waals surface area contributed by atoms with Crippen LogP contribution in [0.2, 0.25) is 0 Å². The van der Waals surface area contributed by atoms with Gasteiger partial charge in [0.15, 0.2) is 17.3 Å². The SMILES string of the molecule is COc1ccc(N(C)c2cnc(-c3ccc(C[C@H](N)C(=O)O)cc3)cn2)cc1OC1CCCC1. The lowest BCUT2D eigenvalue weighted by Gasteiger charge is -2.21. The van der Waals surface area contributed by atoms with E-state index in [4.69, 9.17) is 20.3 Å². The second-order valence-corrected chi connectivity index (χ2v) is 8.52. The highest BCUT2D eigenvalue weighted by molar-refractivity contribution is 5.73. The molecule has 1 aliphatic carbocycles. The van der Waals surface area contributed by atoms with Gasteiger partial charge in [0, 0.05) is 24.4 Å². The van der Waals surface area contributed by atoms with Crippen LogP contribution in [0.1, 0.15) is 31.2 Å². The Labute approximate surface area is 199 Å². The zero-order valence-corrected chi connectivity index (χ0v) is 19.5. The number of aromatic nitrogens is 2. The maximum Gasteiger partial charge on any atom is 0.320 e. The first-order valence-electron chi connectivity index (χ1n) is 11.4. The summed E-state index contributed by atoms with van der Waals surface area (Å²) in [5, 5.41) is 8.97. The minimum absolute atomic E-state index is 0.236. The van der Waals surface area contributed by atoms with Crippen LogP contribution in [0, 0.1) is 0 Å². The van der Waals surface area contributed by atoms with E-state index in [0.29, 0.717) is 5.82 Å². The highest BCUT2D eigenvalue weighted by Crippen LogP contribution is 2.36. The summed E-state index contributed by atoms with van der Waals surface area (Å²) in [6, 6.07) is 12.5. The van der Waals surface area contributed by atoms with Crippen LogP contribution in [0.15, 0.2) is 54.9 Å². The molecule has 0 amide bonds. The highest BCUT2D eigenvalue weighted by atomic mass is 16.5. The van der Waals surface area contributed by atoms with Gasteiger partial charge in [-0.1, -0.05) is 24.3 Å². The van der Waals surface area contributed by atoms with Gasteiger partial charge in [0.1, 0.15) is 6.04 Å². The molecule has 1 fully saturated rings. The van der Waals surface area contributed by atoms with Crippen molar-refractivity contribution in [2.45, 2.75) is 44.2 Å². The molecule has 0 spiro atoms. The molecule has 3 aromatic rings. The maximum atomic E-state index is 10.9. The Balaban J connectivity index is 1.47. The number of hydrogen-bond donors (Lipinski definition) is 2. The summed E-state index contributed by atoms with van der Waals surface area (Å²) in [7, 11) is 3.59. The van der Waals surface area contributed by atoms with Crippen molar-refractivity contribution >= 4 is 17.5 Å². The molecule has 0 bridgehead atoms. The molecule has 1 atom stereocenters. The Morgan fingerprint density at radius 2 is 1.85 bits per heavy atom. The minimum Gasteiger partial charge on any atom is -0.493 e. The van der Waals surface area contributed by atoms with E-state index < -0.39 is 12.0 Å². The fraction of sp³-hybridized carbons (Fsp3) is 0.346. The van der Waals surface area contributed by atoms with Crippen LogP contribution in [-0.4, -0.2) is 47.3 Å². The molecular weight excluding hydrogens is 432 g/mol. The molecule has 2 aromatic carbocycles. The Morgan fingerprint density at radius 3 is 2.47 bits per heavy atom. The van der Waals surface area contributed by atoms with Crippen molar-refractivity contribution in [2.75, 3.05) is 19.1 Å². The molecule has 0 saturated heterocycles. The predicted molar refractivity (Wildman–Crippen MR) is 131 cm³/mol. The molecule has 178 valence electrons. The van der Waals surface area contributed by atoms with Gasteiger partial charge in [0.2, 0.25) is 0 Å². The number of carbonyl (C=O) groups is 1. The molecule has 8 heteroatoms. The van der Waals surface area contributed by atoms with E-state index in [2.05, 4.69) is 9.97 Å². The van der Waals surface area contributed by atoms with E-state index in [-0.39, 0.29) is 12.5 Å². The summed E-state index contributed by atoms with van der Waals surface area (Å²) in [6.07, 6.45) is 8.51. The number of anilines is 2. The van der Waals surface area contributed by atoms with Crippen LogP contribution in [0.25, 0.3) is 11.3 Å². The van der Waals surface area contributed by atoms with Crippen LogP contribution in [0.3, 0.4) is 0 Å². The molecule has 1 aliphatic rings. The summed E-state index contributed by atoms with van der Waals surface area (Å²) in [4.78, 5) is 22.1. The molecule has 34 heavy (non-hydrogen) atoms. The third kappa shape index (κ3) is 5.46. The van der Waals surface area contributed by atoms with Crippen LogP contribution < -0.4 is 20.1 Å². The smallest absolute Gasteiger partial charge is 0.320 e. The third-order valence-corrected chi connectivity index (χ3v) is 6.13. The average Bonchev–Trinajstić information content (AvgIpc) is 3.37. The summed E-state index contributed by atoms with van der Waals surface area (Å²) >= 11 is 0. The average molecular weight is 463 g/mol. The van der Waals surface area contributed by atoms with E-state index in [1.807, 2.05) is 54.4 Å². The number of methoxy groups -OCH3 is 1. The maximum absolute atomic E-state index is 10.9. The van der Waals surface area contributed by atoms with Crippen molar-refractivity contribution < 1.29 is 19.4 Å². The van der Waals surface area contributed by atoms with Crippen molar-refractivity contribution in [3.05, 3.63) is 60.4 Å². The predicted octanol–water partition coefficient (Wildman–Crippen LogP) is 4.20. The van der Waals surface area contributed by atoms with Crippen molar-refractivity contribution in [3.8, 4) is 22.8 Å². The number of nitrogens with zero attached hydrogens (tertiary/aromatic N) is 3. The standard InChI is InChI=1S/C26H30N4O4/c1-30(19-11-12-23(33-2)24(14-19)34-20-5-3-4-6-20)25-16-28-22(15-29-25)18-9-7-17(8-10-18)13-21(27)26(31)32/h7-12,14-16,20-21H,3-6,13,27H2,1-2H3,(H,31,32)/t21-/m0/s1. The van der Waals surface area contributed by atoms with E-state index in [0.717, 1.165) is 46.8 Å². The lowest BCUT2D eigenvalue weighted by molar-refractivity contribution is -0.138. The Kier molecular flexibility index (Phi) is 7.27. The molecule has 8 nitrogen and oxygen atoms in total. The number of rotatable bonds is 9. The minimum atomic E-state index is -1.01. The Morgan fingerprint density at radius 1 is 1.12 bits per heavy atom. The first-order valence-corrected chi connectivity index (χ1v) is 11.4. The first kappa shape index (κ1) is 23.5. The fourth-order valence-corrected chi connectivity index (χ4v) is 4.08. The summed E-state index contributed by atoms with van der Waals surface area (Å²) in [5.41, 5.74) is 9.02. The zero-order valence-electron chi connectivity index (χ0n) is 19.5. The van der Waals surface area contributed by atoms with Gasteiger partial charge in [-0.05, 0) is 49.8 Å². The van der Waals surface area contributed by atoms with Crippen molar-refractivity contribution in [1.82, 2.24) is 9.97 Å². The molecule has 1 saturated carbocycles. The molecular formula is C26H30N4O4. The Bertz CT molecular complexity index is 1110. The van der Waals surface area contributed by atoms with Gasteiger partial charge in [-0.15, -0.1) is 0 Å². The molecule has 1 heterocycles. The lowest BCUT2D eigenvalue weighted by Crippen LogP contribution is -2.32. The summed E-state index contributed by atoms with van der Waals surface area (Å²) in [6.45, 7) is 0. The van der Waals surface area contributed by atoms with Crippen LogP contribution in [0.4, 0.5) is 11.5 Å². The van der Waals surface area contributed by atoms with Crippen LogP contribution >= 0.6 is 0 Å². The normalized spacial score (nSPS) is 14.6. The largest absolute Gasteiger partial charge is 0.493 e. The van der Waals surface area contributed by atoms with E-state index in [9.17, 15) is 4.79 Å². The number of hydrogen-bond acceptors (Lipinski definition) is 7. The highest BCUT2D eigenvalue weighted by Gasteiger charge is 2.19. The van der Waals surface area contributed by atoms with Gasteiger partial charge < -0.3 is 25.2 Å². The molecule has 0 aliphatic heterocycles. The van der Waals surface area contributed by atoms with Crippen molar-refractivity contribution in [2.24, 2.45) is 5.73 Å². The number of ether oxygens (including phenoxy) is 2. The number of benzene rings is 2. The molecule has 0 radical (unpaired) electrons. The summed E-state index contributed by atoms with van der Waals surface area (Å²) in [5.74, 6) is 1.15.